The Morgan fingerprint density at radius 3 is 2.82 bits per heavy atom. The van der Waals surface area contributed by atoms with E-state index in [1.54, 1.807) is 18.2 Å². The monoisotopic (exact) mass is 298 g/mol. The van der Waals surface area contributed by atoms with Gasteiger partial charge >= 0.3 is 0 Å². The van der Waals surface area contributed by atoms with Crippen LogP contribution in [0.25, 0.3) is 6.08 Å². The molecule has 0 saturated heterocycles. The number of allylic oxidation sites excluding steroid dienone is 2. The lowest BCUT2D eigenvalue weighted by atomic mass is 9.63. The third-order valence-corrected chi connectivity index (χ3v) is 5.32. The molecule has 3 atom stereocenters. The van der Waals surface area contributed by atoms with Crippen molar-refractivity contribution in [2.75, 3.05) is 0 Å². The highest BCUT2D eigenvalue weighted by Crippen LogP contribution is 2.45. The van der Waals surface area contributed by atoms with Gasteiger partial charge in [0.1, 0.15) is 5.82 Å². The van der Waals surface area contributed by atoms with Gasteiger partial charge in [-0.2, -0.15) is 0 Å². The second-order valence-corrected chi connectivity index (χ2v) is 6.58. The molecule has 2 aliphatic rings. The van der Waals surface area contributed by atoms with Crippen molar-refractivity contribution in [3.8, 4) is 0 Å². The molecule has 2 saturated carbocycles. The van der Waals surface area contributed by atoms with Crippen LogP contribution in [0.1, 0.15) is 44.1 Å². The molecule has 0 heterocycles. The number of benzene rings is 1. The summed E-state index contributed by atoms with van der Waals surface area (Å²) >= 11 is 0. The van der Waals surface area contributed by atoms with Crippen molar-refractivity contribution in [2.45, 2.75) is 38.5 Å². The quantitative estimate of drug-likeness (QED) is 0.555. The van der Waals surface area contributed by atoms with Gasteiger partial charge in [0, 0.05) is 11.5 Å². The van der Waals surface area contributed by atoms with Crippen LogP contribution in [-0.2, 0) is 4.79 Å². The molecule has 0 aliphatic heterocycles. The topological polar surface area (TPSA) is 17.1 Å². The van der Waals surface area contributed by atoms with Gasteiger partial charge in [-0.25, -0.2) is 4.39 Å². The molecule has 3 rings (SSSR count). The first kappa shape index (κ1) is 15.2. The van der Waals surface area contributed by atoms with E-state index < -0.39 is 0 Å². The van der Waals surface area contributed by atoms with Crippen molar-refractivity contribution in [2.24, 2.45) is 17.8 Å². The number of halogens is 1. The van der Waals surface area contributed by atoms with E-state index in [4.69, 9.17) is 0 Å². The summed E-state index contributed by atoms with van der Waals surface area (Å²) in [6, 6.07) is 6.68. The van der Waals surface area contributed by atoms with Crippen LogP contribution in [0.5, 0.6) is 0 Å². The molecular weight excluding hydrogens is 275 g/mol. The molecule has 2 heteroatoms. The number of rotatable bonds is 3. The zero-order valence-electron chi connectivity index (χ0n) is 12.9. The lowest BCUT2D eigenvalue weighted by Gasteiger charge is -2.41. The van der Waals surface area contributed by atoms with Crippen molar-refractivity contribution in [1.82, 2.24) is 0 Å². The third kappa shape index (κ3) is 2.92. The van der Waals surface area contributed by atoms with Gasteiger partial charge in [-0.15, -0.1) is 6.58 Å². The fraction of sp³-hybridized carbons (Fsp3) is 0.450. The van der Waals surface area contributed by atoms with Gasteiger partial charge in [-0.05, 0) is 61.7 Å². The normalized spacial score (nSPS) is 30.1. The number of hydrogen-bond donors (Lipinski definition) is 0. The number of fused-ring (bicyclic) bond motifs is 1. The summed E-state index contributed by atoms with van der Waals surface area (Å²) in [4.78, 5) is 12.8. The van der Waals surface area contributed by atoms with Gasteiger partial charge in [0.25, 0.3) is 0 Å². The average Bonchev–Trinajstić information content (AvgIpc) is 2.53. The van der Waals surface area contributed by atoms with E-state index in [0.29, 0.717) is 17.4 Å². The van der Waals surface area contributed by atoms with E-state index in [0.717, 1.165) is 37.7 Å². The Balaban J connectivity index is 1.82. The molecule has 1 aromatic rings. The minimum Gasteiger partial charge on any atom is -0.294 e. The number of hydrogen-bond acceptors (Lipinski definition) is 1. The number of carbonyl (C=O) groups is 1. The van der Waals surface area contributed by atoms with E-state index in [1.807, 2.05) is 12.1 Å². The molecule has 1 aromatic carbocycles. The Kier molecular flexibility index (Phi) is 4.56. The first-order valence-corrected chi connectivity index (χ1v) is 8.31. The molecular formula is C20H23FO. The largest absolute Gasteiger partial charge is 0.294 e. The third-order valence-electron chi connectivity index (χ3n) is 5.32. The Labute approximate surface area is 131 Å². The van der Waals surface area contributed by atoms with Crippen LogP contribution in [-0.4, -0.2) is 5.78 Å². The predicted octanol–water partition coefficient (Wildman–Crippen LogP) is 5.18. The second-order valence-electron chi connectivity index (χ2n) is 6.58. The first-order valence-electron chi connectivity index (χ1n) is 8.31. The van der Waals surface area contributed by atoms with Crippen molar-refractivity contribution < 1.29 is 9.18 Å². The molecule has 2 aliphatic carbocycles. The van der Waals surface area contributed by atoms with E-state index in [1.165, 1.54) is 12.5 Å². The molecule has 1 nitrogen and oxygen atoms in total. The maximum absolute atomic E-state index is 13.8. The summed E-state index contributed by atoms with van der Waals surface area (Å²) in [5, 5.41) is 0. The highest BCUT2D eigenvalue weighted by molar-refractivity contribution is 6.02. The Bertz CT molecular complexity index is 601. The van der Waals surface area contributed by atoms with Crippen LogP contribution < -0.4 is 0 Å². The fourth-order valence-electron chi connectivity index (χ4n) is 4.23. The number of carbonyl (C=O) groups excluding carboxylic acids is 1. The zero-order chi connectivity index (χ0) is 15.5. The van der Waals surface area contributed by atoms with Gasteiger partial charge in [-0.3, -0.25) is 4.79 Å². The minimum atomic E-state index is -0.252. The lowest BCUT2D eigenvalue weighted by molar-refractivity contribution is -0.124. The highest BCUT2D eigenvalue weighted by Gasteiger charge is 2.40. The summed E-state index contributed by atoms with van der Waals surface area (Å²) in [5.74, 6) is 1.25. The molecule has 22 heavy (non-hydrogen) atoms. The van der Waals surface area contributed by atoms with Crippen LogP contribution in [0, 0.1) is 23.6 Å². The van der Waals surface area contributed by atoms with Gasteiger partial charge in [0.15, 0.2) is 5.78 Å². The molecule has 0 aromatic heterocycles. The summed E-state index contributed by atoms with van der Waals surface area (Å²) < 4.78 is 13.8. The first-order chi connectivity index (χ1) is 10.7. The molecule has 3 unspecified atom stereocenters. The molecule has 0 N–H and O–H groups in total. The van der Waals surface area contributed by atoms with Crippen molar-refractivity contribution >= 4 is 11.9 Å². The SMILES string of the molecule is C=CCC1CCCC2C(=O)/C(=C/c3ccccc3F)CCC12. The van der Waals surface area contributed by atoms with E-state index in [-0.39, 0.29) is 17.5 Å². The maximum atomic E-state index is 13.8. The molecule has 0 spiro atoms. The molecule has 0 radical (unpaired) electrons. The number of Topliss-reactive ketones (excluding diaryl/α,β-unsaturated/α-hetero) is 1. The van der Waals surface area contributed by atoms with Crippen LogP contribution in [0.4, 0.5) is 4.39 Å². The van der Waals surface area contributed by atoms with Gasteiger partial charge in [0.2, 0.25) is 0 Å². The summed E-state index contributed by atoms with van der Waals surface area (Å²) in [7, 11) is 0. The van der Waals surface area contributed by atoms with Crippen LogP contribution in [0.3, 0.4) is 0 Å². The number of ketones is 1. The van der Waals surface area contributed by atoms with Gasteiger partial charge < -0.3 is 0 Å². The van der Waals surface area contributed by atoms with E-state index in [2.05, 4.69) is 6.58 Å². The minimum absolute atomic E-state index is 0.144. The molecule has 116 valence electrons. The molecule has 0 bridgehead atoms. The zero-order valence-corrected chi connectivity index (χ0v) is 12.9. The average molecular weight is 298 g/mol. The van der Waals surface area contributed by atoms with E-state index in [9.17, 15) is 9.18 Å². The smallest absolute Gasteiger partial charge is 0.162 e. The molecule has 0 amide bonds. The second kappa shape index (κ2) is 6.60. The summed E-state index contributed by atoms with van der Waals surface area (Å²) in [6.45, 7) is 3.85. The molecule has 2 fully saturated rings. The van der Waals surface area contributed by atoms with E-state index >= 15 is 0 Å². The van der Waals surface area contributed by atoms with Crippen LogP contribution in [0.2, 0.25) is 0 Å². The maximum Gasteiger partial charge on any atom is 0.162 e. The van der Waals surface area contributed by atoms with Crippen molar-refractivity contribution in [3.63, 3.8) is 0 Å². The van der Waals surface area contributed by atoms with Crippen molar-refractivity contribution in [1.29, 1.82) is 0 Å². The Morgan fingerprint density at radius 1 is 1.23 bits per heavy atom. The van der Waals surface area contributed by atoms with Gasteiger partial charge in [-0.1, -0.05) is 30.7 Å². The van der Waals surface area contributed by atoms with Crippen molar-refractivity contribution in [3.05, 3.63) is 53.9 Å². The standard InChI is InChI=1S/C20H23FO/c1-2-6-14-8-5-9-18-17(14)12-11-16(20(18)22)13-15-7-3-4-10-19(15)21/h2-4,7,10,13-14,17-18H,1,5-6,8-9,11-12H2/b16-13+. The Morgan fingerprint density at radius 2 is 2.05 bits per heavy atom. The fourth-order valence-corrected chi connectivity index (χ4v) is 4.23. The lowest BCUT2D eigenvalue weighted by Crippen LogP contribution is -2.37. The predicted molar refractivity (Wildman–Crippen MR) is 87.8 cm³/mol. The summed E-state index contributed by atoms with van der Waals surface area (Å²) in [6.07, 6.45) is 9.93. The van der Waals surface area contributed by atoms with Crippen LogP contribution in [0.15, 0.2) is 42.5 Å². The highest BCUT2D eigenvalue weighted by atomic mass is 19.1. The van der Waals surface area contributed by atoms with Crippen LogP contribution >= 0.6 is 0 Å². The van der Waals surface area contributed by atoms with Gasteiger partial charge in [0.05, 0.1) is 0 Å². The Hall–Kier alpha value is -1.70. The summed E-state index contributed by atoms with van der Waals surface area (Å²) in [5.41, 5.74) is 1.34.